The van der Waals surface area contributed by atoms with Crippen LogP contribution in [-0.2, 0) is 6.42 Å². The molecule has 0 fully saturated rings. The molecule has 0 saturated carbocycles. The second-order valence-corrected chi connectivity index (χ2v) is 11.0. The number of hydrogen-bond donors (Lipinski definition) is 0. The fourth-order valence-corrected chi connectivity index (χ4v) is 6.92. The quantitative estimate of drug-likeness (QED) is 0.204. The van der Waals surface area contributed by atoms with Crippen molar-refractivity contribution in [2.45, 2.75) is 6.42 Å². The lowest BCUT2D eigenvalue weighted by atomic mass is 10.1. The minimum Gasteiger partial charge on any atom is -0.455 e. The van der Waals surface area contributed by atoms with Gasteiger partial charge in [-0.15, -0.1) is 6.58 Å². The second-order valence-electron chi connectivity index (χ2n) is 11.0. The molecular weight excluding hydrogens is 512 g/mol. The van der Waals surface area contributed by atoms with E-state index >= 15 is 0 Å². The van der Waals surface area contributed by atoms with E-state index in [0.29, 0.717) is 0 Å². The van der Waals surface area contributed by atoms with E-state index in [1.54, 1.807) is 0 Å². The van der Waals surface area contributed by atoms with Crippen LogP contribution in [0, 0.1) is 0 Å². The number of nitrogens with zero attached hydrogens (tertiary/aromatic N) is 2. The highest BCUT2D eigenvalue weighted by molar-refractivity contribution is 6.24. The van der Waals surface area contributed by atoms with Crippen molar-refractivity contribution in [3.8, 4) is 11.4 Å². The van der Waals surface area contributed by atoms with Gasteiger partial charge in [-0.25, -0.2) is 0 Å². The van der Waals surface area contributed by atoms with Gasteiger partial charge in [-0.05, 0) is 66.6 Å². The molecule has 0 radical (unpaired) electrons. The molecular formula is C39H26N2O. The summed E-state index contributed by atoms with van der Waals surface area (Å²) < 4.78 is 11.5. The number of rotatable bonds is 4. The lowest BCUT2D eigenvalue weighted by molar-refractivity contribution is 0.668. The van der Waals surface area contributed by atoms with E-state index in [9.17, 15) is 0 Å². The first-order valence-electron chi connectivity index (χ1n) is 14.4. The van der Waals surface area contributed by atoms with Crippen LogP contribution in [0.5, 0.6) is 0 Å². The highest BCUT2D eigenvalue weighted by Crippen LogP contribution is 2.42. The number of para-hydroxylation sites is 4. The van der Waals surface area contributed by atoms with Crippen LogP contribution in [-0.4, -0.2) is 9.13 Å². The topological polar surface area (TPSA) is 23.0 Å². The van der Waals surface area contributed by atoms with Gasteiger partial charge in [-0.3, -0.25) is 0 Å². The molecule has 3 nitrogen and oxygen atoms in total. The van der Waals surface area contributed by atoms with Crippen molar-refractivity contribution in [3.05, 3.63) is 146 Å². The van der Waals surface area contributed by atoms with Gasteiger partial charge in [-0.2, -0.15) is 0 Å². The van der Waals surface area contributed by atoms with Crippen molar-refractivity contribution in [1.29, 1.82) is 0 Å². The van der Waals surface area contributed by atoms with Crippen LogP contribution < -0.4 is 0 Å². The zero-order valence-electron chi connectivity index (χ0n) is 22.9. The Balaban J connectivity index is 1.37. The minimum atomic E-state index is 0.776. The molecule has 0 amide bonds. The van der Waals surface area contributed by atoms with Crippen LogP contribution in [0.2, 0.25) is 0 Å². The summed E-state index contributed by atoms with van der Waals surface area (Å²) in [5, 5.41) is 7.11. The normalized spacial score (nSPS) is 12.0. The van der Waals surface area contributed by atoms with E-state index in [2.05, 4.69) is 143 Å². The van der Waals surface area contributed by atoms with E-state index < -0.39 is 0 Å². The zero-order valence-corrected chi connectivity index (χ0v) is 22.9. The van der Waals surface area contributed by atoms with E-state index in [-0.39, 0.29) is 0 Å². The first-order valence-corrected chi connectivity index (χ1v) is 14.4. The second kappa shape index (κ2) is 8.73. The Morgan fingerprint density at radius 2 is 1.14 bits per heavy atom. The largest absolute Gasteiger partial charge is 0.455 e. The molecule has 9 rings (SSSR count). The maximum absolute atomic E-state index is 6.72. The number of hydrogen-bond acceptors (Lipinski definition) is 1. The molecule has 3 heteroatoms. The summed E-state index contributed by atoms with van der Waals surface area (Å²) in [6, 6.07) is 45.7. The Kier molecular flexibility index (Phi) is 4.82. The van der Waals surface area contributed by atoms with Gasteiger partial charge in [-0.1, -0.05) is 78.9 Å². The lowest BCUT2D eigenvalue weighted by Gasteiger charge is -2.10. The Morgan fingerprint density at radius 1 is 0.500 bits per heavy atom. The van der Waals surface area contributed by atoms with Gasteiger partial charge in [0.2, 0.25) is 0 Å². The fraction of sp³-hybridized carbons (Fsp3) is 0.0256. The van der Waals surface area contributed by atoms with Crippen LogP contribution in [0.3, 0.4) is 0 Å². The van der Waals surface area contributed by atoms with Crippen LogP contribution in [0.25, 0.3) is 76.9 Å². The van der Waals surface area contributed by atoms with Crippen molar-refractivity contribution >= 4 is 65.6 Å². The molecule has 0 atom stereocenters. The molecule has 0 aliphatic heterocycles. The molecule has 0 unspecified atom stereocenters. The number of allylic oxidation sites excluding steroid dienone is 1. The van der Waals surface area contributed by atoms with Crippen molar-refractivity contribution in [1.82, 2.24) is 9.13 Å². The van der Waals surface area contributed by atoms with Gasteiger partial charge in [0.05, 0.1) is 27.5 Å². The molecule has 9 aromatic rings. The molecule has 3 heterocycles. The first kappa shape index (κ1) is 23.2. The third kappa shape index (κ3) is 3.11. The Bertz CT molecular complexity index is 2510. The maximum Gasteiger partial charge on any atom is 0.145 e. The summed E-state index contributed by atoms with van der Waals surface area (Å²) in [5.74, 6) is 0. The van der Waals surface area contributed by atoms with Gasteiger partial charge in [0.15, 0.2) is 0 Å². The monoisotopic (exact) mass is 538 g/mol. The highest BCUT2D eigenvalue weighted by Gasteiger charge is 2.20. The van der Waals surface area contributed by atoms with Crippen LogP contribution in [0.1, 0.15) is 5.56 Å². The average molecular weight is 539 g/mol. The average Bonchev–Trinajstić information content (AvgIpc) is 3.69. The molecule has 0 N–H and O–H groups in total. The first-order chi connectivity index (χ1) is 20.8. The Labute approximate surface area is 242 Å². The van der Waals surface area contributed by atoms with E-state index in [0.717, 1.165) is 61.7 Å². The molecule has 6 aromatic carbocycles. The summed E-state index contributed by atoms with van der Waals surface area (Å²) >= 11 is 0. The summed E-state index contributed by atoms with van der Waals surface area (Å²) in [6.07, 6.45) is 2.72. The third-order valence-electron chi connectivity index (χ3n) is 8.67. The molecule has 3 aromatic heterocycles. The minimum absolute atomic E-state index is 0.776. The lowest BCUT2D eigenvalue weighted by Crippen LogP contribution is -1.95. The molecule has 0 aliphatic carbocycles. The van der Waals surface area contributed by atoms with Crippen molar-refractivity contribution in [3.63, 3.8) is 0 Å². The maximum atomic E-state index is 6.72. The number of fused-ring (bicyclic) bond motifs is 10. The van der Waals surface area contributed by atoms with Crippen LogP contribution in [0.15, 0.2) is 144 Å². The van der Waals surface area contributed by atoms with Crippen LogP contribution >= 0.6 is 0 Å². The molecule has 0 aliphatic rings. The number of furan rings is 1. The zero-order chi connectivity index (χ0) is 27.8. The van der Waals surface area contributed by atoms with Gasteiger partial charge in [0.1, 0.15) is 11.2 Å². The Hall–Kier alpha value is -5.54. The van der Waals surface area contributed by atoms with E-state index in [1.165, 1.54) is 27.2 Å². The standard InChI is InChI=1S/C39H26N2O/c1-2-11-25-12-10-17-29-30-21-23-36-37(39(30)42-38(25)29)31-16-7-9-19-34(31)41(36)27-20-22-35-32(24-27)28-15-6-8-18-33(28)40(35)26-13-4-3-5-14-26/h2-10,12-24H,1,11H2. The van der Waals surface area contributed by atoms with Gasteiger partial charge in [0.25, 0.3) is 0 Å². The Morgan fingerprint density at radius 3 is 1.98 bits per heavy atom. The van der Waals surface area contributed by atoms with Gasteiger partial charge in [0, 0.05) is 38.3 Å². The summed E-state index contributed by atoms with van der Waals surface area (Å²) in [4.78, 5) is 0. The van der Waals surface area contributed by atoms with E-state index in [1.807, 2.05) is 6.08 Å². The van der Waals surface area contributed by atoms with Crippen molar-refractivity contribution in [2.75, 3.05) is 0 Å². The fourth-order valence-electron chi connectivity index (χ4n) is 6.92. The van der Waals surface area contributed by atoms with Crippen molar-refractivity contribution in [2.24, 2.45) is 0 Å². The predicted molar refractivity (Wildman–Crippen MR) is 176 cm³/mol. The van der Waals surface area contributed by atoms with E-state index in [4.69, 9.17) is 4.42 Å². The molecule has 42 heavy (non-hydrogen) atoms. The van der Waals surface area contributed by atoms with Gasteiger partial charge < -0.3 is 13.6 Å². The molecule has 0 bridgehead atoms. The number of benzene rings is 6. The third-order valence-corrected chi connectivity index (χ3v) is 8.67. The molecule has 198 valence electrons. The highest BCUT2D eigenvalue weighted by atomic mass is 16.3. The molecule has 0 spiro atoms. The number of aromatic nitrogens is 2. The smallest absolute Gasteiger partial charge is 0.145 e. The predicted octanol–water partition coefficient (Wildman–Crippen LogP) is 10.5. The van der Waals surface area contributed by atoms with Crippen molar-refractivity contribution < 1.29 is 4.42 Å². The summed E-state index contributed by atoms with van der Waals surface area (Å²) in [5.41, 5.74) is 10.1. The SMILES string of the molecule is C=CCc1cccc2c1oc1c2ccc2c1c1ccccc1n2-c1ccc2c(c1)c1ccccc1n2-c1ccccc1. The van der Waals surface area contributed by atoms with Crippen LogP contribution in [0.4, 0.5) is 0 Å². The summed E-state index contributed by atoms with van der Waals surface area (Å²) in [6.45, 7) is 3.96. The summed E-state index contributed by atoms with van der Waals surface area (Å²) in [7, 11) is 0. The molecule has 0 saturated heterocycles. The van der Waals surface area contributed by atoms with Gasteiger partial charge >= 0.3 is 0 Å².